The molecule has 0 atom stereocenters. The zero-order chi connectivity index (χ0) is 17.7. The maximum Gasteiger partial charge on any atom is 0.405 e. The molecule has 9 heteroatoms. The van der Waals surface area contributed by atoms with Gasteiger partial charge in [0.05, 0.1) is 5.69 Å². The van der Waals surface area contributed by atoms with Gasteiger partial charge in [-0.3, -0.25) is 4.79 Å². The molecule has 4 nitrogen and oxygen atoms in total. The molecule has 1 aromatic heterocycles. The van der Waals surface area contributed by atoms with E-state index in [2.05, 4.69) is 15.6 Å². The number of aromatic nitrogens is 1. The number of halogens is 4. The average Bonchev–Trinajstić information content (AvgIpc) is 2.95. The Morgan fingerprint density at radius 3 is 2.71 bits per heavy atom. The molecule has 0 saturated carbocycles. The second kappa shape index (κ2) is 7.61. The van der Waals surface area contributed by atoms with Crippen molar-refractivity contribution in [2.75, 3.05) is 18.4 Å². The number of alkyl halides is 3. The van der Waals surface area contributed by atoms with E-state index in [1.54, 1.807) is 17.5 Å². The van der Waals surface area contributed by atoms with E-state index >= 15 is 0 Å². The van der Waals surface area contributed by atoms with Crippen LogP contribution in [0.2, 0.25) is 0 Å². The zero-order valence-corrected chi connectivity index (χ0v) is 13.5. The van der Waals surface area contributed by atoms with Crippen molar-refractivity contribution in [1.82, 2.24) is 10.3 Å². The van der Waals surface area contributed by atoms with Crippen LogP contribution in [0.1, 0.15) is 12.5 Å². The number of thiazole rings is 1. The van der Waals surface area contributed by atoms with Crippen LogP contribution in [-0.4, -0.2) is 30.2 Å². The van der Waals surface area contributed by atoms with Crippen LogP contribution in [0, 0.1) is 5.82 Å². The zero-order valence-electron chi connectivity index (χ0n) is 12.7. The molecule has 2 N–H and O–H groups in total. The molecule has 0 aliphatic carbocycles. The summed E-state index contributed by atoms with van der Waals surface area (Å²) in [6.07, 6.45) is -3.98. The summed E-state index contributed by atoms with van der Waals surface area (Å²) in [7, 11) is 0. The summed E-state index contributed by atoms with van der Waals surface area (Å²) in [5, 5.41) is 6.45. The molecule has 24 heavy (non-hydrogen) atoms. The van der Waals surface area contributed by atoms with E-state index in [0.29, 0.717) is 29.8 Å². The molecule has 1 aromatic carbocycles. The third-order valence-corrected chi connectivity index (χ3v) is 3.86. The minimum absolute atomic E-state index is 0.123. The van der Waals surface area contributed by atoms with Crippen molar-refractivity contribution in [2.45, 2.75) is 19.5 Å². The molecular formula is C15H15F4N3OS. The molecule has 1 heterocycles. The van der Waals surface area contributed by atoms with E-state index < -0.39 is 18.5 Å². The van der Waals surface area contributed by atoms with Crippen molar-refractivity contribution in [1.29, 1.82) is 0 Å². The molecule has 0 unspecified atom stereocenters. The Morgan fingerprint density at radius 1 is 1.33 bits per heavy atom. The fourth-order valence-corrected chi connectivity index (χ4v) is 2.66. The van der Waals surface area contributed by atoms with Crippen LogP contribution in [0.25, 0.3) is 11.3 Å². The van der Waals surface area contributed by atoms with Crippen molar-refractivity contribution < 1.29 is 22.4 Å². The first-order chi connectivity index (χ1) is 11.2. The van der Waals surface area contributed by atoms with Crippen molar-refractivity contribution in [3.63, 3.8) is 0 Å². The van der Waals surface area contributed by atoms with Crippen LogP contribution < -0.4 is 10.6 Å². The summed E-state index contributed by atoms with van der Waals surface area (Å²) in [6.45, 7) is 0.538. The van der Waals surface area contributed by atoms with Gasteiger partial charge >= 0.3 is 6.18 Å². The van der Waals surface area contributed by atoms with Gasteiger partial charge in [0.25, 0.3) is 0 Å². The highest BCUT2D eigenvalue weighted by Gasteiger charge is 2.27. The fraction of sp³-hybridized carbons (Fsp3) is 0.333. The van der Waals surface area contributed by atoms with Gasteiger partial charge in [-0.2, -0.15) is 13.2 Å². The normalized spacial score (nSPS) is 11.4. The molecule has 1 amide bonds. The van der Waals surface area contributed by atoms with E-state index in [9.17, 15) is 22.4 Å². The number of rotatable bonds is 6. The molecule has 0 aliphatic rings. The van der Waals surface area contributed by atoms with Crippen LogP contribution in [0.5, 0.6) is 0 Å². The van der Waals surface area contributed by atoms with E-state index in [0.717, 1.165) is 11.3 Å². The highest BCUT2D eigenvalue weighted by Crippen LogP contribution is 2.27. The second-order valence-corrected chi connectivity index (χ2v) is 5.90. The summed E-state index contributed by atoms with van der Waals surface area (Å²) in [5.74, 6) is -0.635. The summed E-state index contributed by atoms with van der Waals surface area (Å²) >= 11 is 1.02. The number of nitrogens with zero attached hydrogens (tertiary/aromatic N) is 1. The Labute approximate surface area is 139 Å². The van der Waals surface area contributed by atoms with Crippen LogP contribution in [0.3, 0.4) is 0 Å². The summed E-state index contributed by atoms with van der Waals surface area (Å²) in [4.78, 5) is 14.8. The highest BCUT2D eigenvalue weighted by atomic mass is 32.1. The number of carbonyl (C=O) groups excluding carboxylic acids is 1. The van der Waals surface area contributed by atoms with Gasteiger partial charge in [-0.25, -0.2) is 9.37 Å². The summed E-state index contributed by atoms with van der Waals surface area (Å²) in [6, 6.07) is 4.51. The van der Waals surface area contributed by atoms with Crippen molar-refractivity contribution >= 4 is 22.4 Å². The summed E-state index contributed by atoms with van der Waals surface area (Å²) < 4.78 is 50.5. The van der Waals surface area contributed by atoms with Gasteiger partial charge in [0, 0.05) is 24.4 Å². The maximum absolute atomic E-state index is 14.1. The molecule has 0 radical (unpaired) electrons. The quantitative estimate of drug-likeness (QED) is 0.773. The Bertz CT molecular complexity index is 715. The number of anilines is 1. The monoisotopic (exact) mass is 361 g/mol. The van der Waals surface area contributed by atoms with E-state index in [1.807, 2.05) is 0 Å². The van der Waals surface area contributed by atoms with Gasteiger partial charge < -0.3 is 10.6 Å². The largest absolute Gasteiger partial charge is 0.405 e. The minimum Gasteiger partial charge on any atom is -0.356 e. The summed E-state index contributed by atoms with van der Waals surface area (Å²) in [5.41, 5.74) is 1.32. The molecule has 2 aromatic rings. The van der Waals surface area contributed by atoms with Crippen LogP contribution in [0.4, 0.5) is 22.7 Å². The average molecular weight is 361 g/mol. The predicted molar refractivity (Wildman–Crippen MR) is 84.4 cm³/mol. The lowest BCUT2D eigenvalue weighted by Gasteiger charge is -2.06. The number of nitrogens with one attached hydrogen (secondary N) is 2. The van der Waals surface area contributed by atoms with Crippen molar-refractivity contribution in [3.8, 4) is 11.3 Å². The van der Waals surface area contributed by atoms with Gasteiger partial charge in [-0.05, 0) is 18.1 Å². The predicted octanol–water partition coefficient (Wildman–Crippen LogP) is 3.60. The van der Waals surface area contributed by atoms with Gasteiger partial charge in [-0.1, -0.05) is 12.1 Å². The standard InChI is InChI=1S/C15H15F4N3OS/c1-9(23)20-5-4-10-2-3-11(6-12(10)16)13-7-24-14(22-13)21-8-15(17,18)19/h2-3,6-7H,4-5,8H2,1H3,(H,20,23)(H,21,22). The molecule has 130 valence electrons. The van der Waals surface area contributed by atoms with E-state index in [4.69, 9.17) is 0 Å². The molecule has 0 fully saturated rings. The molecule has 0 aliphatic heterocycles. The van der Waals surface area contributed by atoms with Gasteiger partial charge in [-0.15, -0.1) is 11.3 Å². The first-order valence-corrected chi connectivity index (χ1v) is 7.92. The van der Waals surface area contributed by atoms with Crippen LogP contribution >= 0.6 is 11.3 Å². The number of hydrogen-bond donors (Lipinski definition) is 2. The van der Waals surface area contributed by atoms with E-state index in [-0.39, 0.29) is 11.0 Å². The topological polar surface area (TPSA) is 54.0 Å². The molecule has 0 bridgehead atoms. The van der Waals surface area contributed by atoms with Gasteiger partial charge in [0.2, 0.25) is 5.91 Å². The number of amides is 1. The Kier molecular flexibility index (Phi) is 5.76. The maximum atomic E-state index is 14.1. The third-order valence-electron chi connectivity index (χ3n) is 3.06. The Hall–Kier alpha value is -2.16. The minimum atomic E-state index is -4.33. The van der Waals surface area contributed by atoms with Gasteiger partial charge in [0.15, 0.2) is 5.13 Å². The first kappa shape index (κ1) is 18.2. The SMILES string of the molecule is CC(=O)NCCc1ccc(-c2csc(NCC(F)(F)F)n2)cc1F. The lowest BCUT2D eigenvalue weighted by atomic mass is 10.1. The Balaban J connectivity index is 2.03. The smallest absolute Gasteiger partial charge is 0.356 e. The van der Waals surface area contributed by atoms with Crippen molar-refractivity contribution in [2.24, 2.45) is 0 Å². The molecular weight excluding hydrogens is 346 g/mol. The number of hydrogen-bond acceptors (Lipinski definition) is 4. The Morgan fingerprint density at radius 2 is 2.08 bits per heavy atom. The van der Waals surface area contributed by atoms with E-state index in [1.165, 1.54) is 13.0 Å². The fourth-order valence-electron chi connectivity index (χ4n) is 1.95. The lowest BCUT2D eigenvalue weighted by molar-refractivity contribution is -0.119. The second-order valence-electron chi connectivity index (χ2n) is 5.05. The van der Waals surface area contributed by atoms with Crippen LogP contribution in [-0.2, 0) is 11.2 Å². The van der Waals surface area contributed by atoms with Crippen molar-refractivity contribution in [3.05, 3.63) is 35.0 Å². The van der Waals surface area contributed by atoms with Gasteiger partial charge in [0.1, 0.15) is 12.4 Å². The first-order valence-electron chi connectivity index (χ1n) is 7.04. The highest BCUT2D eigenvalue weighted by molar-refractivity contribution is 7.14. The number of benzene rings is 1. The molecule has 0 spiro atoms. The lowest BCUT2D eigenvalue weighted by Crippen LogP contribution is -2.22. The third kappa shape index (κ3) is 5.48. The molecule has 2 rings (SSSR count). The number of carbonyl (C=O) groups is 1. The van der Waals surface area contributed by atoms with Crippen LogP contribution in [0.15, 0.2) is 23.6 Å². The molecule has 0 saturated heterocycles.